The second-order valence-electron chi connectivity index (χ2n) is 5.57. The Morgan fingerprint density at radius 3 is 2.77 bits per heavy atom. The average Bonchev–Trinajstić information content (AvgIpc) is 3.02. The fourth-order valence-corrected chi connectivity index (χ4v) is 2.40. The average molecular weight is 354 g/mol. The first kappa shape index (κ1) is 17.3. The Balaban J connectivity index is 1.50. The van der Waals surface area contributed by atoms with Crippen molar-refractivity contribution >= 4 is 28.7 Å². The Kier molecular flexibility index (Phi) is 5.02. The second-order valence-corrected chi connectivity index (χ2v) is 5.57. The van der Waals surface area contributed by atoms with Gasteiger partial charge in [-0.05, 0) is 42.0 Å². The van der Waals surface area contributed by atoms with Crippen LogP contribution >= 0.6 is 0 Å². The first-order valence-electron chi connectivity index (χ1n) is 7.86. The molecule has 7 nitrogen and oxygen atoms in total. The fourth-order valence-electron chi connectivity index (χ4n) is 2.40. The van der Waals surface area contributed by atoms with E-state index in [0.29, 0.717) is 35.4 Å². The zero-order valence-corrected chi connectivity index (χ0v) is 13.6. The fraction of sp³-hybridized carbons (Fsp3) is 0.111. The van der Waals surface area contributed by atoms with Gasteiger partial charge in [-0.1, -0.05) is 0 Å². The summed E-state index contributed by atoms with van der Waals surface area (Å²) in [5.41, 5.74) is 1.97. The summed E-state index contributed by atoms with van der Waals surface area (Å²) in [6.45, 7) is 0.367. The quantitative estimate of drug-likeness (QED) is 0.404. The molecule has 0 aliphatic rings. The predicted octanol–water partition coefficient (Wildman–Crippen LogP) is 2.98. The van der Waals surface area contributed by atoms with Gasteiger partial charge in [0.1, 0.15) is 11.6 Å². The monoisotopic (exact) mass is 354 g/mol. The van der Waals surface area contributed by atoms with Crippen LogP contribution in [0.25, 0.3) is 17.1 Å². The summed E-state index contributed by atoms with van der Waals surface area (Å²) in [6, 6.07) is 10.2. The number of carbonyl (C=O) groups is 1. The molecular weight excluding hydrogens is 339 g/mol. The zero-order chi connectivity index (χ0) is 18.5. The number of nitro benzene ring substituents is 1. The minimum atomic E-state index is -0.480. The van der Waals surface area contributed by atoms with Crippen molar-refractivity contribution in [3.8, 4) is 0 Å². The van der Waals surface area contributed by atoms with Crippen LogP contribution in [0.5, 0.6) is 0 Å². The van der Waals surface area contributed by atoms with E-state index in [9.17, 15) is 19.3 Å². The molecule has 3 rings (SSSR count). The number of aromatic nitrogens is 2. The van der Waals surface area contributed by atoms with Gasteiger partial charge in [0, 0.05) is 31.2 Å². The summed E-state index contributed by atoms with van der Waals surface area (Å²) in [7, 11) is 0. The van der Waals surface area contributed by atoms with Crippen LogP contribution < -0.4 is 5.32 Å². The Bertz CT molecular complexity index is 980. The number of imidazole rings is 1. The standard InChI is InChI=1S/C18H15FN4O3/c19-13-4-7-15-16(11-13)22-17(21-15)9-10-20-18(24)8-3-12-1-5-14(6-2-12)23(25)26/h1-8,11H,9-10H2,(H,20,24)(H,21,22)/b8-3+. The first-order chi connectivity index (χ1) is 12.5. The Morgan fingerprint density at radius 1 is 1.27 bits per heavy atom. The number of fused-ring (bicyclic) bond motifs is 1. The number of hydrogen-bond acceptors (Lipinski definition) is 4. The molecule has 0 radical (unpaired) electrons. The maximum absolute atomic E-state index is 13.1. The number of benzene rings is 2. The van der Waals surface area contributed by atoms with Gasteiger partial charge >= 0.3 is 0 Å². The number of amides is 1. The highest BCUT2D eigenvalue weighted by Gasteiger charge is 2.05. The van der Waals surface area contributed by atoms with Crippen LogP contribution in [0.2, 0.25) is 0 Å². The SMILES string of the molecule is O=C(/C=C/c1ccc([N+](=O)[O-])cc1)NCCc1nc2ccc(F)cc2[nH]1. The molecule has 0 aliphatic carbocycles. The largest absolute Gasteiger partial charge is 0.352 e. The maximum atomic E-state index is 13.1. The lowest BCUT2D eigenvalue weighted by atomic mass is 10.2. The van der Waals surface area contributed by atoms with Crippen LogP contribution in [0.1, 0.15) is 11.4 Å². The molecule has 0 aliphatic heterocycles. The summed E-state index contributed by atoms with van der Waals surface area (Å²) in [4.78, 5) is 29.2. The van der Waals surface area contributed by atoms with E-state index in [1.54, 1.807) is 24.3 Å². The van der Waals surface area contributed by atoms with Gasteiger partial charge in [0.2, 0.25) is 5.91 Å². The van der Waals surface area contributed by atoms with Crippen LogP contribution in [0.15, 0.2) is 48.5 Å². The number of nitro groups is 1. The van der Waals surface area contributed by atoms with E-state index in [0.717, 1.165) is 0 Å². The van der Waals surface area contributed by atoms with Crippen LogP contribution in [-0.4, -0.2) is 27.3 Å². The van der Waals surface area contributed by atoms with E-state index < -0.39 is 4.92 Å². The first-order valence-corrected chi connectivity index (χ1v) is 7.86. The van der Waals surface area contributed by atoms with E-state index in [1.807, 2.05) is 0 Å². The predicted molar refractivity (Wildman–Crippen MR) is 94.9 cm³/mol. The smallest absolute Gasteiger partial charge is 0.269 e. The third-order valence-corrected chi connectivity index (χ3v) is 3.69. The van der Waals surface area contributed by atoms with Crippen LogP contribution in [0, 0.1) is 15.9 Å². The van der Waals surface area contributed by atoms with Crippen molar-refractivity contribution in [2.24, 2.45) is 0 Å². The molecule has 0 spiro atoms. The van der Waals surface area contributed by atoms with Crippen LogP contribution in [0.4, 0.5) is 10.1 Å². The van der Waals surface area contributed by atoms with Gasteiger partial charge < -0.3 is 10.3 Å². The van der Waals surface area contributed by atoms with Crippen molar-refractivity contribution in [1.29, 1.82) is 0 Å². The molecule has 0 saturated carbocycles. The highest BCUT2D eigenvalue weighted by molar-refractivity contribution is 5.91. The van der Waals surface area contributed by atoms with Gasteiger partial charge in [-0.2, -0.15) is 0 Å². The molecule has 0 fully saturated rings. The highest BCUT2D eigenvalue weighted by Crippen LogP contribution is 2.13. The molecule has 2 N–H and O–H groups in total. The molecule has 1 heterocycles. The van der Waals surface area contributed by atoms with E-state index in [1.165, 1.54) is 30.3 Å². The summed E-state index contributed by atoms with van der Waals surface area (Å²) in [5.74, 6) is 0.0353. The molecular formula is C18H15FN4O3. The van der Waals surface area contributed by atoms with Gasteiger partial charge in [0.25, 0.3) is 5.69 Å². The van der Waals surface area contributed by atoms with Crippen molar-refractivity contribution in [1.82, 2.24) is 15.3 Å². The number of halogens is 1. The van der Waals surface area contributed by atoms with Crippen LogP contribution in [0.3, 0.4) is 0 Å². The molecule has 26 heavy (non-hydrogen) atoms. The normalized spacial score (nSPS) is 11.1. The van der Waals surface area contributed by atoms with Crippen molar-refractivity contribution in [3.63, 3.8) is 0 Å². The molecule has 0 unspecified atom stereocenters. The third-order valence-electron chi connectivity index (χ3n) is 3.69. The molecule has 3 aromatic rings. The number of non-ortho nitro benzene ring substituents is 1. The van der Waals surface area contributed by atoms with Gasteiger partial charge in [0.05, 0.1) is 16.0 Å². The Hall–Kier alpha value is -3.55. The maximum Gasteiger partial charge on any atom is 0.269 e. The van der Waals surface area contributed by atoms with Gasteiger partial charge in [0.15, 0.2) is 0 Å². The topological polar surface area (TPSA) is 101 Å². The number of carbonyl (C=O) groups excluding carboxylic acids is 1. The lowest BCUT2D eigenvalue weighted by Gasteiger charge is -2.00. The molecule has 1 amide bonds. The van der Waals surface area contributed by atoms with Gasteiger partial charge in [-0.25, -0.2) is 9.37 Å². The summed E-state index contributed by atoms with van der Waals surface area (Å²) in [6.07, 6.45) is 3.41. The molecule has 132 valence electrons. The van der Waals surface area contributed by atoms with E-state index >= 15 is 0 Å². The van der Waals surface area contributed by atoms with E-state index in [2.05, 4.69) is 15.3 Å². The number of hydrogen-bond donors (Lipinski definition) is 2. The number of aromatic amines is 1. The lowest BCUT2D eigenvalue weighted by Crippen LogP contribution is -2.23. The lowest BCUT2D eigenvalue weighted by molar-refractivity contribution is -0.384. The minimum Gasteiger partial charge on any atom is -0.352 e. The van der Waals surface area contributed by atoms with Crippen molar-refractivity contribution < 1.29 is 14.1 Å². The van der Waals surface area contributed by atoms with E-state index in [-0.39, 0.29) is 17.4 Å². The number of nitrogens with one attached hydrogen (secondary N) is 2. The Morgan fingerprint density at radius 2 is 2.04 bits per heavy atom. The van der Waals surface area contributed by atoms with E-state index in [4.69, 9.17) is 0 Å². The molecule has 0 saturated heterocycles. The third kappa shape index (κ3) is 4.29. The molecule has 8 heteroatoms. The minimum absolute atomic E-state index is 0.00248. The van der Waals surface area contributed by atoms with Crippen molar-refractivity contribution in [2.75, 3.05) is 6.54 Å². The summed E-state index contributed by atoms with van der Waals surface area (Å²) < 4.78 is 13.1. The molecule has 2 aromatic carbocycles. The zero-order valence-electron chi connectivity index (χ0n) is 13.6. The summed E-state index contributed by atoms with van der Waals surface area (Å²) in [5, 5.41) is 13.3. The van der Waals surface area contributed by atoms with Gasteiger partial charge in [-0.3, -0.25) is 14.9 Å². The number of rotatable bonds is 6. The Labute approximate surface area is 147 Å². The second kappa shape index (κ2) is 7.56. The molecule has 0 atom stereocenters. The molecule has 0 bridgehead atoms. The van der Waals surface area contributed by atoms with Crippen molar-refractivity contribution in [2.45, 2.75) is 6.42 Å². The van der Waals surface area contributed by atoms with Crippen molar-refractivity contribution in [3.05, 3.63) is 75.9 Å². The van der Waals surface area contributed by atoms with Gasteiger partial charge in [-0.15, -0.1) is 0 Å². The molecule has 1 aromatic heterocycles. The number of H-pyrrole nitrogens is 1. The highest BCUT2D eigenvalue weighted by atomic mass is 19.1. The summed E-state index contributed by atoms with van der Waals surface area (Å²) >= 11 is 0. The van der Waals surface area contributed by atoms with Crippen LogP contribution in [-0.2, 0) is 11.2 Å². The number of nitrogens with zero attached hydrogens (tertiary/aromatic N) is 2.